The smallest absolute Gasteiger partial charge is 0.850 e. The first kappa shape index (κ1) is 84.5. The van der Waals surface area contributed by atoms with Crippen molar-refractivity contribution in [1.82, 2.24) is 58.6 Å². The van der Waals surface area contributed by atoms with Crippen LogP contribution in [0.15, 0.2) is 52.3 Å². The molecule has 9 heterocycles. The van der Waals surface area contributed by atoms with Crippen LogP contribution in [0.5, 0.6) is 0 Å². The van der Waals surface area contributed by atoms with Gasteiger partial charge in [-0.25, -0.2) is 71.0 Å². The Bertz CT molecular complexity index is 3810. The number of fused-ring (bicyclic) bond motifs is 3. The molecule has 9 rings (SSSR count). The van der Waals surface area contributed by atoms with Crippen molar-refractivity contribution >= 4 is 104 Å². The summed E-state index contributed by atoms with van der Waals surface area (Å²) in [5, 5.41) is 36.6. The van der Waals surface area contributed by atoms with Gasteiger partial charge in [-0.15, -0.1) is 0 Å². The Hall–Kier alpha value is -0.960. The summed E-state index contributed by atoms with van der Waals surface area (Å²) in [6.07, 6.45) is -4.75. The average molecular weight is 1540 g/mol. The summed E-state index contributed by atoms with van der Waals surface area (Å²) < 4.78 is 156. The SMILES string of the molecule is O=c1[nH]cnc2c1ncn2[C@H]1C[C@H]([O-])[C@@H](COP(=O)(O)OP(=O)(O)OP(=O)(O)O)O1.O=c1[nH]cnc2c1ncn2[C@H]1C[C@H]([O-])[C@@H](COP(=O)(O)OP(=O)(O)OP(=O)(O)O)O1.O=c1[nH]cnc2c1ncn2[C@H]1C[C@H]([O-])[C@@H](COP(=O)(O)OP(=O)(O)OP(=O)(O)O)O1.[Na+].[Na+].[Na+]. The second kappa shape index (κ2) is 33.2. The van der Waals surface area contributed by atoms with Crippen molar-refractivity contribution in [2.24, 2.45) is 0 Å². The van der Waals surface area contributed by atoms with Crippen molar-refractivity contribution in [3.63, 3.8) is 0 Å². The molecule has 15 N–H and O–H groups in total. The molecule has 6 aromatic heterocycles. The molecule has 0 radical (unpaired) electrons. The Morgan fingerprint density at radius 3 is 0.839 bits per heavy atom. The van der Waals surface area contributed by atoms with E-state index >= 15 is 0 Å². The Labute approximate surface area is 578 Å². The van der Waals surface area contributed by atoms with Gasteiger partial charge in [-0.2, -0.15) is 25.9 Å². The summed E-state index contributed by atoms with van der Waals surface area (Å²) >= 11 is 0. The number of nitrogens with zero attached hydrogens (tertiary/aromatic N) is 9. The van der Waals surface area contributed by atoms with Crippen molar-refractivity contribution in [1.29, 1.82) is 0 Å². The van der Waals surface area contributed by atoms with Crippen LogP contribution in [0.25, 0.3) is 33.5 Å². The number of aromatic amines is 3. The average Bonchev–Trinajstić information content (AvgIpc) is 1.66. The molecule has 0 bridgehead atoms. The van der Waals surface area contributed by atoms with Gasteiger partial charge in [-0.05, 0) is 19.3 Å². The van der Waals surface area contributed by atoms with Crippen LogP contribution >= 0.6 is 70.4 Å². The van der Waals surface area contributed by atoms with E-state index in [1.54, 1.807) is 0 Å². The number of imidazole rings is 3. The summed E-state index contributed by atoms with van der Waals surface area (Å²) in [7, 11) is -49.7. The fourth-order valence-electron chi connectivity index (χ4n) is 7.70. The molecule has 0 aliphatic carbocycles. The molecule has 63 heteroatoms. The van der Waals surface area contributed by atoms with Crippen molar-refractivity contribution in [2.75, 3.05) is 19.8 Å². The van der Waals surface area contributed by atoms with E-state index in [-0.39, 0.29) is 141 Å². The van der Waals surface area contributed by atoms with Gasteiger partial charge in [0.15, 0.2) is 33.5 Å². The number of nitrogens with one attached hydrogen (secondary N) is 3. The molecule has 0 aromatic carbocycles. The van der Waals surface area contributed by atoms with Crippen LogP contribution < -0.4 is 121 Å². The standard InChI is InChI=1S/3C10H14N4O13P3.3Na/c3*15-5-1-7(14-4-13-8-9(14)11-3-12-10(8)16)25-6(5)2-24-29(20,21)27-30(22,23)26-28(17,18)19;;;/h3*3-7H,1-2H2,(H,20,21)(H,22,23)(H,11,12,16)(H2,17,18,19);;;/q3*-1;3*+1/t3*5-,6+,7+;;;/m000.../s1. The third-order valence-corrected chi connectivity index (χ3v) is 22.4. The van der Waals surface area contributed by atoms with Gasteiger partial charge in [0.05, 0.1) is 76.1 Å². The molecular weight excluding hydrogens is 1500 g/mol. The van der Waals surface area contributed by atoms with Crippen molar-refractivity contribution in [3.8, 4) is 0 Å². The minimum absolute atomic E-state index is 0. The summed E-state index contributed by atoms with van der Waals surface area (Å²) in [5.41, 5.74) is -1.15. The predicted octanol–water partition coefficient (Wildman–Crippen LogP) is -13.6. The Kier molecular flexibility index (Phi) is 30.2. The van der Waals surface area contributed by atoms with Crippen LogP contribution in [0.1, 0.15) is 37.9 Å². The number of rotatable bonds is 24. The van der Waals surface area contributed by atoms with Gasteiger partial charge in [0.1, 0.15) is 18.7 Å². The zero-order valence-corrected chi connectivity index (χ0v) is 60.4. The molecule has 51 nitrogen and oxygen atoms in total. The monoisotopic (exact) mass is 1540 g/mol. The number of aromatic nitrogens is 12. The van der Waals surface area contributed by atoms with Crippen LogP contribution in [0.4, 0.5) is 0 Å². The Morgan fingerprint density at radius 2 is 0.624 bits per heavy atom. The molecule has 504 valence electrons. The summed E-state index contributed by atoms with van der Waals surface area (Å²) in [4.78, 5) is 172. The first-order chi connectivity index (χ1) is 41.3. The summed E-state index contributed by atoms with van der Waals surface area (Å²) in [6.45, 7) is -2.64. The number of phosphoric acid groups is 9. The van der Waals surface area contributed by atoms with Crippen LogP contribution in [-0.4, -0.2) is 174 Å². The van der Waals surface area contributed by atoms with E-state index in [0.717, 1.165) is 19.0 Å². The quantitative estimate of drug-likeness (QED) is 0.0198. The fourth-order valence-corrected chi connectivity index (χ4v) is 16.8. The second-order valence-corrected chi connectivity index (χ2v) is 30.8. The van der Waals surface area contributed by atoms with Gasteiger partial charge < -0.3 is 103 Å². The van der Waals surface area contributed by atoms with E-state index in [1.807, 2.05) is 0 Å². The van der Waals surface area contributed by atoms with Gasteiger partial charge in [0.2, 0.25) is 0 Å². The van der Waals surface area contributed by atoms with E-state index in [4.69, 9.17) is 58.3 Å². The molecule has 6 aromatic rings. The van der Waals surface area contributed by atoms with Crippen LogP contribution in [0, 0.1) is 0 Å². The van der Waals surface area contributed by atoms with Crippen LogP contribution in [0.3, 0.4) is 0 Å². The minimum atomic E-state index is -5.67. The van der Waals surface area contributed by atoms with Gasteiger partial charge in [0.25, 0.3) is 16.7 Å². The first-order valence-corrected chi connectivity index (χ1v) is 36.8. The normalized spacial score (nSPS) is 25.6. The van der Waals surface area contributed by atoms with Crippen molar-refractivity contribution in [2.45, 2.75) is 74.6 Å². The van der Waals surface area contributed by atoms with Gasteiger partial charge >= 0.3 is 159 Å². The molecule has 6 unspecified atom stereocenters. The zero-order chi connectivity index (χ0) is 67.0. The number of H-pyrrole nitrogens is 3. The minimum Gasteiger partial charge on any atom is -0.850 e. The predicted molar refractivity (Wildman–Crippen MR) is 271 cm³/mol. The van der Waals surface area contributed by atoms with Gasteiger partial charge in [-0.1, -0.05) is 18.3 Å². The number of hydrogen-bond donors (Lipinski definition) is 15. The number of ether oxygens (including phenoxy) is 3. The molecule has 93 heavy (non-hydrogen) atoms. The molecule has 0 spiro atoms. The molecule has 0 amide bonds. The molecular formula is C30H42N12Na3O39P9. The van der Waals surface area contributed by atoms with E-state index in [1.165, 1.54) is 32.7 Å². The van der Waals surface area contributed by atoms with Crippen molar-refractivity contribution < 1.29 is 257 Å². The Balaban J connectivity index is 0.000000293. The van der Waals surface area contributed by atoms with Crippen molar-refractivity contribution in [3.05, 3.63) is 69.0 Å². The topological polar surface area (TPSA) is 767 Å². The first-order valence-electron chi connectivity index (χ1n) is 23.3. The van der Waals surface area contributed by atoms with E-state index in [9.17, 15) is 85.5 Å². The number of hydrogen-bond acceptors (Lipinski definition) is 33. The van der Waals surface area contributed by atoms with Gasteiger partial charge in [0, 0.05) is 0 Å². The maximum atomic E-state index is 12.2. The molecule has 3 fully saturated rings. The van der Waals surface area contributed by atoms with E-state index in [2.05, 4.69) is 84.3 Å². The van der Waals surface area contributed by atoms with Gasteiger partial charge in [-0.3, -0.25) is 41.7 Å². The molecule has 3 saturated heterocycles. The number of phosphoric ester groups is 3. The molecule has 15 atom stereocenters. The zero-order valence-electron chi connectivity index (χ0n) is 46.3. The maximum absolute atomic E-state index is 12.2. The third-order valence-electron chi connectivity index (χ3n) is 11.0. The van der Waals surface area contributed by atoms with E-state index < -0.39 is 162 Å². The summed E-state index contributed by atoms with van der Waals surface area (Å²) in [6, 6.07) is 0. The second-order valence-electron chi connectivity index (χ2n) is 17.5. The third kappa shape index (κ3) is 25.0. The maximum Gasteiger partial charge on any atom is 1.00 e. The fraction of sp³-hybridized carbons (Fsp3) is 0.500. The van der Waals surface area contributed by atoms with E-state index in [0.29, 0.717) is 0 Å². The largest absolute Gasteiger partial charge is 1.00 e. The van der Waals surface area contributed by atoms with Crippen LogP contribution in [-0.2, 0) is 94.7 Å². The summed E-state index contributed by atoms with van der Waals surface area (Å²) in [5.74, 6) is 0. The van der Waals surface area contributed by atoms with Crippen LogP contribution in [0.2, 0.25) is 0 Å². The molecule has 3 aliphatic heterocycles. The molecule has 3 aliphatic rings. The molecule has 0 saturated carbocycles. The Morgan fingerprint density at radius 1 is 0.398 bits per heavy atom.